The number of fused-ring (bicyclic) bond motifs is 1. The monoisotopic (exact) mass is 402 g/mol. The lowest BCUT2D eigenvalue weighted by molar-refractivity contribution is -0.121. The van der Waals surface area contributed by atoms with Crippen molar-refractivity contribution >= 4 is 28.1 Å². The summed E-state index contributed by atoms with van der Waals surface area (Å²) < 4.78 is 0. The third-order valence-corrected chi connectivity index (χ3v) is 6.15. The molecule has 2 N–H and O–H groups in total. The van der Waals surface area contributed by atoms with Gasteiger partial charge in [0.15, 0.2) is 0 Å². The van der Waals surface area contributed by atoms with Crippen LogP contribution in [0, 0.1) is 0 Å². The van der Waals surface area contributed by atoms with E-state index in [1.54, 1.807) is 11.3 Å². The molecule has 148 valence electrons. The van der Waals surface area contributed by atoms with Crippen LogP contribution in [-0.4, -0.2) is 16.9 Å². The smallest absolute Gasteiger partial charge is 0.221 e. The van der Waals surface area contributed by atoms with Crippen LogP contribution in [0.4, 0.5) is 0 Å². The van der Waals surface area contributed by atoms with E-state index in [-0.39, 0.29) is 17.9 Å². The van der Waals surface area contributed by atoms with Crippen molar-refractivity contribution < 1.29 is 4.79 Å². The van der Waals surface area contributed by atoms with Crippen molar-refractivity contribution in [1.82, 2.24) is 10.3 Å². The second kappa shape index (κ2) is 9.10. The van der Waals surface area contributed by atoms with Gasteiger partial charge in [0.25, 0.3) is 0 Å². The number of nitrogens with one attached hydrogen (secondary N) is 2. The molecule has 2 unspecified atom stereocenters. The van der Waals surface area contributed by atoms with Crippen LogP contribution in [0.2, 0.25) is 0 Å². The van der Waals surface area contributed by atoms with Gasteiger partial charge in [-0.25, -0.2) is 0 Å². The molecule has 0 bridgehead atoms. The lowest BCUT2D eigenvalue weighted by atomic mass is 9.89. The Bertz CT molecular complexity index is 1050. The standard InChI is InChI=1S/C25H26N2OS/c1-18(11-12-19-7-3-2-4-8-19)27-25(28)15-22(20-13-14-29-17-20)23-16-26-24-10-6-5-9-21(23)24/h2-10,13-14,16-18,22,26H,11-12,15H2,1H3,(H,27,28). The van der Waals surface area contributed by atoms with Gasteiger partial charge in [0.2, 0.25) is 5.91 Å². The van der Waals surface area contributed by atoms with Crippen molar-refractivity contribution in [3.8, 4) is 0 Å². The van der Waals surface area contributed by atoms with Crippen molar-refractivity contribution in [3.63, 3.8) is 0 Å². The predicted octanol–water partition coefficient (Wildman–Crippen LogP) is 5.89. The van der Waals surface area contributed by atoms with Crippen LogP contribution in [-0.2, 0) is 11.2 Å². The van der Waals surface area contributed by atoms with E-state index in [2.05, 4.69) is 82.7 Å². The van der Waals surface area contributed by atoms with Crippen LogP contribution in [0.15, 0.2) is 77.6 Å². The van der Waals surface area contributed by atoms with Gasteiger partial charge >= 0.3 is 0 Å². The maximum absolute atomic E-state index is 12.9. The second-order valence-electron chi connectivity index (χ2n) is 7.60. The summed E-state index contributed by atoms with van der Waals surface area (Å²) in [5.41, 5.74) is 4.81. The number of carbonyl (C=O) groups excluding carboxylic acids is 1. The zero-order valence-electron chi connectivity index (χ0n) is 16.6. The number of rotatable bonds is 8. The molecule has 0 spiro atoms. The molecule has 0 aliphatic rings. The lowest BCUT2D eigenvalue weighted by Gasteiger charge is -2.18. The molecular weight excluding hydrogens is 376 g/mol. The highest BCUT2D eigenvalue weighted by atomic mass is 32.1. The topological polar surface area (TPSA) is 44.9 Å². The molecule has 4 aromatic rings. The minimum atomic E-state index is 0.0544. The summed E-state index contributed by atoms with van der Waals surface area (Å²) in [5.74, 6) is 0.158. The van der Waals surface area contributed by atoms with E-state index < -0.39 is 0 Å². The molecule has 0 saturated heterocycles. The first kappa shape index (κ1) is 19.5. The Kier molecular flexibility index (Phi) is 6.11. The molecule has 2 aromatic carbocycles. The minimum absolute atomic E-state index is 0.0544. The Labute approximate surface area is 175 Å². The highest BCUT2D eigenvalue weighted by molar-refractivity contribution is 7.08. The largest absolute Gasteiger partial charge is 0.361 e. The van der Waals surface area contributed by atoms with Crippen molar-refractivity contribution in [2.45, 2.75) is 38.1 Å². The van der Waals surface area contributed by atoms with Crippen molar-refractivity contribution in [3.05, 3.63) is 94.3 Å². The average molecular weight is 403 g/mol. The molecule has 29 heavy (non-hydrogen) atoms. The second-order valence-corrected chi connectivity index (χ2v) is 8.38. The van der Waals surface area contributed by atoms with Gasteiger partial charge in [0, 0.05) is 35.5 Å². The molecule has 0 saturated carbocycles. The van der Waals surface area contributed by atoms with Crippen LogP contribution in [0.5, 0.6) is 0 Å². The molecule has 0 radical (unpaired) electrons. The van der Waals surface area contributed by atoms with Crippen molar-refractivity contribution in [1.29, 1.82) is 0 Å². The molecule has 0 fully saturated rings. The summed E-state index contributed by atoms with van der Waals surface area (Å²) in [7, 11) is 0. The van der Waals surface area contributed by atoms with Gasteiger partial charge in [0.05, 0.1) is 0 Å². The highest BCUT2D eigenvalue weighted by Crippen LogP contribution is 2.34. The van der Waals surface area contributed by atoms with Gasteiger partial charge in [0.1, 0.15) is 0 Å². The minimum Gasteiger partial charge on any atom is -0.361 e. The third kappa shape index (κ3) is 4.77. The van der Waals surface area contributed by atoms with Gasteiger partial charge in [-0.05, 0) is 59.3 Å². The highest BCUT2D eigenvalue weighted by Gasteiger charge is 2.22. The molecule has 4 heteroatoms. The molecular formula is C25H26N2OS. The molecule has 0 aliphatic heterocycles. The maximum Gasteiger partial charge on any atom is 0.221 e. The van der Waals surface area contributed by atoms with E-state index in [1.807, 2.05) is 12.1 Å². The van der Waals surface area contributed by atoms with Crippen LogP contribution < -0.4 is 5.32 Å². The SMILES string of the molecule is CC(CCc1ccccc1)NC(=O)CC(c1ccsc1)c1c[nH]c2ccccc12. The number of para-hydroxylation sites is 1. The molecule has 2 aromatic heterocycles. The fraction of sp³-hybridized carbons (Fsp3) is 0.240. The molecule has 1 amide bonds. The summed E-state index contributed by atoms with van der Waals surface area (Å²) in [4.78, 5) is 16.2. The number of H-pyrrole nitrogens is 1. The predicted molar refractivity (Wildman–Crippen MR) is 121 cm³/mol. The fourth-order valence-corrected chi connectivity index (χ4v) is 4.60. The Morgan fingerprint density at radius 3 is 2.66 bits per heavy atom. The number of amides is 1. The van der Waals surface area contributed by atoms with E-state index in [4.69, 9.17) is 0 Å². The van der Waals surface area contributed by atoms with Gasteiger partial charge in [-0.3, -0.25) is 4.79 Å². The van der Waals surface area contributed by atoms with Gasteiger partial charge < -0.3 is 10.3 Å². The van der Waals surface area contributed by atoms with E-state index >= 15 is 0 Å². The summed E-state index contributed by atoms with van der Waals surface area (Å²) in [6.45, 7) is 2.09. The molecule has 4 rings (SSSR count). The number of aryl methyl sites for hydroxylation is 1. The first-order valence-corrected chi connectivity index (χ1v) is 11.1. The summed E-state index contributed by atoms with van der Waals surface area (Å²) in [6, 6.07) is 21.0. The molecule has 2 heterocycles. The average Bonchev–Trinajstić information content (AvgIpc) is 3.42. The number of aromatic nitrogens is 1. The van der Waals surface area contributed by atoms with Crippen molar-refractivity contribution in [2.24, 2.45) is 0 Å². The zero-order chi connectivity index (χ0) is 20.1. The van der Waals surface area contributed by atoms with Gasteiger partial charge in [-0.15, -0.1) is 0 Å². The number of thiophene rings is 1. The van der Waals surface area contributed by atoms with E-state index in [0.29, 0.717) is 6.42 Å². The van der Waals surface area contributed by atoms with Crippen LogP contribution in [0.3, 0.4) is 0 Å². The first-order chi connectivity index (χ1) is 14.2. The summed E-state index contributed by atoms with van der Waals surface area (Å²) in [5, 5.41) is 8.63. The van der Waals surface area contributed by atoms with Crippen LogP contribution >= 0.6 is 11.3 Å². The molecule has 0 aliphatic carbocycles. The van der Waals surface area contributed by atoms with E-state index in [9.17, 15) is 4.79 Å². The Balaban J connectivity index is 1.44. The van der Waals surface area contributed by atoms with Crippen LogP contribution in [0.25, 0.3) is 10.9 Å². The summed E-state index contributed by atoms with van der Waals surface area (Å²) in [6.07, 6.45) is 4.41. The third-order valence-electron chi connectivity index (χ3n) is 5.45. The number of aromatic amines is 1. The molecule has 3 nitrogen and oxygen atoms in total. The maximum atomic E-state index is 12.9. The van der Waals surface area contributed by atoms with Gasteiger partial charge in [-0.1, -0.05) is 48.5 Å². The van der Waals surface area contributed by atoms with Crippen molar-refractivity contribution in [2.75, 3.05) is 0 Å². The normalized spacial score (nSPS) is 13.3. The van der Waals surface area contributed by atoms with Gasteiger partial charge in [-0.2, -0.15) is 11.3 Å². The quantitative estimate of drug-likeness (QED) is 0.379. The Hall–Kier alpha value is -2.85. The number of carbonyl (C=O) groups is 1. The Morgan fingerprint density at radius 1 is 1.07 bits per heavy atom. The van der Waals surface area contributed by atoms with E-state index in [1.165, 1.54) is 22.1 Å². The fourth-order valence-electron chi connectivity index (χ4n) is 3.88. The summed E-state index contributed by atoms with van der Waals surface area (Å²) >= 11 is 1.68. The number of benzene rings is 2. The zero-order valence-corrected chi connectivity index (χ0v) is 17.4. The van der Waals surface area contributed by atoms with E-state index in [0.717, 1.165) is 18.4 Å². The van der Waals surface area contributed by atoms with Crippen LogP contribution in [0.1, 0.15) is 42.4 Å². The Morgan fingerprint density at radius 2 is 1.86 bits per heavy atom. The number of hydrogen-bond acceptors (Lipinski definition) is 2. The first-order valence-electron chi connectivity index (χ1n) is 10.1. The lowest BCUT2D eigenvalue weighted by Crippen LogP contribution is -2.33. The number of hydrogen-bond donors (Lipinski definition) is 2. The molecule has 2 atom stereocenters.